The molecule has 10 heteroatoms. The molecule has 17 heavy (non-hydrogen) atoms. The summed E-state index contributed by atoms with van der Waals surface area (Å²) < 4.78 is 30.8. The summed E-state index contributed by atoms with van der Waals surface area (Å²) in [6, 6.07) is 0.0585. The Bertz CT molecular complexity index is 617. The molecule has 2 rings (SSSR count). The van der Waals surface area contributed by atoms with Gasteiger partial charge in [0.05, 0.1) is 18.3 Å². The van der Waals surface area contributed by atoms with Gasteiger partial charge in [0.1, 0.15) is 0 Å². The van der Waals surface area contributed by atoms with E-state index in [1.54, 1.807) is 6.92 Å². The number of nitrogens with zero attached hydrogens (tertiary/aromatic N) is 3. The van der Waals surface area contributed by atoms with Crippen LogP contribution in [-0.2, 0) is 10.0 Å². The molecule has 2 N–H and O–H groups in total. The number of aryl methyl sites for hydroxylation is 1. The first kappa shape index (κ1) is 11.8. The minimum Gasteiger partial charge on any atom is -0.466 e. The first-order valence-corrected chi connectivity index (χ1v) is 6.73. The maximum atomic E-state index is 11.8. The molecule has 0 spiro atoms. The number of H-pyrrole nitrogens is 1. The van der Waals surface area contributed by atoms with Gasteiger partial charge in [-0.25, -0.2) is 23.2 Å². The summed E-state index contributed by atoms with van der Waals surface area (Å²) in [6.45, 7) is 1.72. The number of nitrogens with one attached hydrogen (secondary N) is 2. The Morgan fingerprint density at radius 1 is 1.53 bits per heavy atom. The zero-order valence-corrected chi connectivity index (χ0v) is 10.6. The zero-order valence-electron chi connectivity index (χ0n) is 8.96. The summed E-state index contributed by atoms with van der Waals surface area (Å²) in [5, 5.41) is 6.68. The van der Waals surface area contributed by atoms with Crippen LogP contribution >= 0.6 is 11.3 Å². The number of thiazole rings is 1. The Kier molecular flexibility index (Phi) is 2.98. The SMILES string of the molecule is COc1n[nH]c(NS(=O)(=O)c2cnc(C)s2)n1. The predicted molar refractivity (Wildman–Crippen MR) is 60.6 cm³/mol. The van der Waals surface area contributed by atoms with E-state index in [4.69, 9.17) is 4.74 Å². The van der Waals surface area contributed by atoms with Crippen LogP contribution in [0.4, 0.5) is 5.95 Å². The van der Waals surface area contributed by atoms with Crippen LogP contribution in [0.25, 0.3) is 0 Å². The quantitative estimate of drug-likeness (QED) is 0.834. The van der Waals surface area contributed by atoms with E-state index in [0.717, 1.165) is 11.3 Å². The number of hydrogen-bond acceptors (Lipinski definition) is 7. The molecule has 2 aromatic heterocycles. The lowest BCUT2D eigenvalue weighted by Gasteiger charge is -2.00. The Labute approximate surface area is 101 Å². The molecule has 0 aliphatic heterocycles. The Morgan fingerprint density at radius 3 is 2.82 bits per heavy atom. The third-order valence-corrected chi connectivity index (χ3v) is 4.46. The van der Waals surface area contributed by atoms with Gasteiger partial charge in [0.2, 0.25) is 5.95 Å². The van der Waals surface area contributed by atoms with Crippen LogP contribution in [0, 0.1) is 6.92 Å². The highest BCUT2D eigenvalue weighted by molar-refractivity contribution is 7.94. The molecule has 0 aliphatic carbocycles. The fourth-order valence-corrected chi connectivity index (χ4v) is 3.09. The predicted octanol–water partition coefficient (Wildman–Crippen LogP) is 0.379. The lowest BCUT2D eigenvalue weighted by Crippen LogP contribution is -2.12. The Morgan fingerprint density at radius 2 is 2.29 bits per heavy atom. The molecule has 0 amide bonds. The maximum Gasteiger partial charge on any atom is 0.336 e. The van der Waals surface area contributed by atoms with E-state index >= 15 is 0 Å². The van der Waals surface area contributed by atoms with E-state index in [-0.39, 0.29) is 16.2 Å². The number of sulfonamides is 1. The molecule has 8 nitrogen and oxygen atoms in total. The second-order valence-electron chi connectivity index (χ2n) is 2.97. The first-order valence-electron chi connectivity index (χ1n) is 4.43. The molecule has 0 unspecified atom stereocenters. The summed E-state index contributed by atoms with van der Waals surface area (Å²) in [6.07, 6.45) is 1.29. The van der Waals surface area contributed by atoms with Gasteiger partial charge in [0.25, 0.3) is 10.0 Å². The average Bonchev–Trinajstić information content (AvgIpc) is 2.86. The molecule has 0 radical (unpaired) electrons. The van der Waals surface area contributed by atoms with Crippen LogP contribution in [0.5, 0.6) is 6.01 Å². The second kappa shape index (κ2) is 4.30. The monoisotopic (exact) mass is 275 g/mol. The van der Waals surface area contributed by atoms with Crippen molar-refractivity contribution in [1.82, 2.24) is 20.2 Å². The van der Waals surface area contributed by atoms with E-state index in [2.05, 4.69) is 24.9 Å². The number of hydrogen-bond donors (Lipinski definition) is 2. The number of rotatable bonds is 4. The molecule has 92 valence electrons. The van der Waals surface area contributed by atoms with Gasteiger partial charge in [-0.05, 0) is 6.92 Å². The highest BCUT2D eigenvalue weighted by Crippen LogP contribution is 2.20. The van der Waals surface area contributed by atoms with Crippen molar-refractivity contribution >= 4 is 27.3 Å². The number of aromatic amines is 1. The van der Waals surface area contributed by atoms with Gasteiger partial charge >= 0.3 is 6.01 Å². The number of anilines is 1. The van der Waals surface area contributed by atoms with E-state index in [1.807, 2.05) is 0 Å². The van der Waals surface area contributed by atoms with Crippen LogP contribution in [0.3, 0.4) is 0 Å². The van der Waals surface area contributed by atoms with Crippen LogP contribution in [-0.4, -0.2) is 35.7 Å². The van der Waals surface area contributed by atoms with Gasteiger partial charge in [-0.15, -0.1) is 16.4 Å². The van der Waals surface area contributed by atoms with Crippen molar-refractivity contribution < 1.29 is 13.2 Å². The lowest BCUT2D eigenvalue weighted by atomic mass is 10.8. The average molecular weight is 275 g/mol. The molecule has 0 fully saturated rings. The van der Waals surface area contributed by atoms with E-state index in [1.165, 1.54) is 13.3 Å². The van der Waals surface area contributed by atoms with Gasteiger partial charge in [-0.1, -0.05) is 0 Å². The number of ether oxygens (including phenoxy) is 1. The van der Waals surface area contributed by atoms with Crippen molar-refractivity contribution in [2.45, 2.75) is 11.1 Å². The summed E-state index contributed by atoms with van der Waals surface area (Å²) >= 11 is 1.07. The van der Waals surface area contributed by atoms with E-state index < -0.39 is 10.0 Å². The summed E-state index contributed by atoms with van der Waals surface area (Å²) in [7, 11) is -2.29. The Hall–Kier alpha value is -1.68. The third kappa shape index (κ3) is 2.53. The number of methoxy groups -OCH3 is 1. The molecule has 2 aromatic rings. The highest BCUT2D eigenvalue weighted by Gasteiger charge is 2.19. The standard InChI is InChI=1S/C7H9N5O3S2/c1-4-8-3-5(16-4)17(13,14)12-6-9-7(15-2)11-10-6/h3H,1-2H3,(H2,9,10,11,12). The fraction of sp³-hybridized carbons (Fsp3) is 0.286. The van der Waals surface area contributed by atoms with Crippen molar-refractivity contribution in [2.24, 2.45) is 0 Å². The summed E-state index contributed by atoms with van der Waals surface area (Å²) in [5.74, 6) is -0.00657. The van der Waals surface area contributed by atoms with Crippen molar-refractivity contribution in [3.8, 4) is 6.01 Å². The van der Waals surface area contributed by atoms with Gasteiger partial charge in [0.15, 0.2) is 4.21 Å². The smallest absolute Gasteiger partial charge is 0.336 e. The van der Waals surface area contributed by atoms with E-state index in [0.29, 0.717) is 5.01 Å². The first-order chi connectivity index (χ1) is 8.01. The van der Waals surface area contributed by atoms with Crippen molar-refractivity contribution in [3.63, 3.8) is 0 Å². The third-order valence-electron chi connectivity index (χ3n) is 1.74. The molecule has 0 atom stereocenters. The fourth-order valence-electron chi connectivity index (χ4n) is 1.03. The van der Waals surface area contributed by atoms with E-state index in [9.17, 15) is 8.42 Å². The molecule has 0 aromatic carbocycles. The van der Waals surface area contributed by atoms with Crippen molar-refractivity contribution in [2.75, 3.05) is 11.8 Å². The van der Waals surface area contributed by atoms with Crippen LogP contribution in [0.1, 0.15) is 5.01 Å². The summed E-state index contributed by atoms with van der Waals surface area (Å²) in [4.78, 5) is 7.63. The largest absolute Gasteiger partial charge is 0.466 e. The minimum absolute atomic E-state index is 0.00657. The molecular formula is C7H9N5O3S2. The molecule has 0 aliphatic rings. The van der Waals surface area contributed by atoms with Gasteiger partial charge in [-0.2, -0.15) is 4.98 Å². The lowest BCUT2D eigenvalue weighted by molar-refractivity contribution is 0.382. The summed E-state index contributed by atoms with van der Waals surface area (Å²) in [5.41, 5.74) is 0. The highest BCUT2D eigenvalue weighted by atomic mass is 32.2. The normalized spacial score (nSPS) is 11.4. The number of aromatic nitrogens is 4. The maximum absolute atomic E-state index is 11.8. The van der Waals surface area contributed by atoms with Gasteiger partial charge in [-0.3, -0.25) is 0 Å². The van der Waals surface area contributed by atoms with Crippen LogP contribution in [0.2, 0.25) is 0 Å². The van der Waals surface area contributed by atoms with Gasteiger partial charge in [0, 0.05) is 0 Å². The zero-order chi connectivity index (χ0) is 12.5. The molecule has 0 saturated heterocycles. The minimum atomic E-state index is -3.67. The van der Waals surface area contributed by atoms with Crippen molar-refractivity contribution in [3.05, 3.63) is 11.2 Å². The van der Waals surface area contributed by atoms with Crippen LogP contribution < -0.4 is 9.46 Å². The van der Waals surface area contributed by atoms with Gasteiger partial charge < -0.3 is 4.74 Å². The molecule has 0 bridgehead atoms. The second-order valence-corrected chi connectivity index (χ2v) is 6.12. The van der Waals surface area contributed by atoms with Crippen LogP contribution in [0.15, 0.2) is 10.4 Å². The molecule has 2 heterocycles. The van der Waals surface area contributed by atoms with Crippen molar-refractivity contribution in [1.29, 1.82) is 0 Å². The topological polar surface area (TPSA) is 110 Å². The molecule has 0 saturated carbocycles. The Balaban J connectivity index is 2.23. The molecular weight excluding hydrogens is 266 g/mol.